The maximum absolute atomic E-state index is 13.0. The number of amides is 1. The number of hydrogen-bond acceptors (Lipinski definition) is 7. The van der Waals surface area contributed by atoms with Crippen molar-refractivity contribution in [1.29, 1.82) is 0 Å². The van der Waals surface area contributed by atoms with E-state index in [2.05, 4.69) is 20.0 Å². The Morgan fingerprint density at radius 1 is 1.09 bits per heavy atom. The van der Waals surface area contributed by atoms with Crippen LogP contribution >= 0.6 is 11.3 Å². The zero-order valence-electron chi connectivity index (χ0n) is 17.4. The molecule has 1 amide bonds. The van der Waals surface area contributed by atoms with Crippen LogP contribution in [0.25, 0.3) is 22.6 Å². The molecule has 11 heteroatoms. The second-order valence-corrected chi connectivity index (χ2v) is 9.77. The number of hydrogen-bond donors (Lipinski definition) is 2. The zero-order valence-corrected chi connectivity index (χ0v) is 19.0. The predicted octanol–water partition coefficient (Wildman–Crippen LogP) is 4.55. The number of nitrogens with one attached hydrogen (secondary N) is 2. The summed E-state index contributed by atoms with van der Waals surface area (Å²) in [5, 5.41) is 5.01. The standard InChI is InChI=1S/C22H19FN4O4S2/c1-33(29,30)27-17-8-4-14(5-9-17)18-13-32-22(25-18)26-20(28)10-11-21-24-12-19(31-21)15-2-6-16(23)7-3-15/h2-9,12-13,27H,10-11H2,1H3,(H,25,26,28). The van der Waals surface area contributed by atoms with Crippen molar-refractivity contribution in [3.05, 3.63) is 71.8 Å². The molecule has 0 aliphatic rings. The van der Waals surface area contributed by atoms with Gasteiger partial charge in [0, 0.05) is 35.0 Å². The van der Waals surface area contributed by atoms with Gasteiger partial charge in [0.05, 0.1) is 18.1 Å². The highest BCUT2D eigenvalue weighted by atomic mass is 32.2. The molecule has 0 fully saturated rings. The average Bonchev–Trinajstić information content (AvgIpc) is 3.42. The fraction of sp³-hybridized carbons (Fsp3) is 0.136. The molecule has 0 saturated carbocycles. The Hall–Kier alpha value is -3.57. The summed E-state index contributed by atoms with van der Waals surface area (Å²) in [5.74, 6) is 0.353. The molecule has 0 aliphatic heterocycles. The number of carbonyl (C=O) groups is 1. The van der Waals surface area contributed by atoms with Gasteiger partial charge in [0.25, 0.3) is 0 Å². The van der Waals surface area contributed by atoms with Crippen LogP contribution in [0.1, 0.15) is 12.3 Å². The zero-order chi connectivity index (χ0) is 23.4. The Labute approximate surface area is 193 Å². The largest absolute Gasteiger partial charge is 0.441 e. The molecular formula is C22H19FN4O4S2. The molecule has 0 unspecified atom stereocenters. The first-order chi connectivity index (χ1) is 15.7. The quantitative estimate of drug-likeness (QED) is 0.378. The van der Waals surface area contributed by atoms with E-state index in [-0.39, 0.29) is 18.1 Å². The van der Waals surface area contributed by atoms with E-state index in [0.717, 1.165) is 11.8 Å². The molecule has 4 rings (SSSR count). The molecule has 33 heavy (non-hydrogen) atoms. The summed E-state index contributed by atoms with van der Waals surface area (Å²) in [4.78, 5) is 20.9. The van der Waals surface area contributed by atoms with Crippen molar-refractivity contribution in [3.8, 4) is 22.6 Å². The lowest BCUT2D eigenvalue weighted by Crippen LogP contribution is -2.12. The van der Waals surface area contributed by atoms with Gasteiger partial charge in [0.1, 0.15) is 5.82 Å². The first-order valence-corrected chi connectivity index (χ1v) is 12.6. The summed E-state index contributed by atoms with van der Waals surface area (Å²) in [5.41, 5.74) is 2.62. The third kappa shape index (κ3) is 6.24. The van der Waals surface area contributed by atoms with Gasteiger partial charge < -0.3 is 9.73 Å². The van der Waals surface area contributed by atoms with E-state index in [1.807, 2.05) is 0 Å². The van der Waals surface area contributed by atoms with Gasteiger partial charge in [-0.1, -0.05) is 12.1 Å². The number of aromatic nitrogens is 2. The molecular weight excluding hydrogens is 467 g/mol. The Morgan fingerprint density at radius 3 is 2.48 bits per heavy atom. The molecule has 0 aliphatic carbocycles. The molecule has 2 N–H and O–H groups in total. The van der Waals surface area contributed by atoms with Crippen LogP contribution in [0.2, 0.25) is 0 Å². The number of halogens is 1. The van der Waals surface area contributed by atoms with Gasteiger partial charge >= 0.3 is 0 Å². The summed E-state index contributed by atoms with van der Waals surface area (Å²) in [7, 11) is -3.34. The molecule has 2 heterocycles. The summed E-state index contributed by atoms with van der Waals surface area (Å²) in [6.07, 6.45) is 3.09. The normalized spacial score (nSPS) is 11.3. The third-order valence-electron chi connectivity index (χ3n) is 4.48. The number of thiazole rings is 1. The lowest BCUT2D eigenvalue weighted by Gasteiger charge is -2.04. The molecule has 4 aromatic rings. The molecule has 2 aromatic heterocycles. The van der Waals surface area contributed by atoms with Crippen molar-refractivity contribution in [2.24, 2.45) is 0 Å². The van der Waals surface area contributed by atoms with Crippen LogP contribution in [-0.2, 0) is 21.2 Å². The number of aryl methyl sites for hydroxylation is 1. The Kier molecular flexibility index (Phi) is 6.52. The second kappa shape index (κ2) is 9.51. The van der Waals surface area contributed by atoms with Gasteiger partial charge in [-0.25, -0.2) is 22.8 Å². The van der Waals surface area contributed by atoms with E-state index in [4.69, 9.17) is 4.42 Å². The summed E-state index contributed by atoms with van der Waals surface area (Å²) in [6, 6.07) is 12.7. The van der Waals surface area contributed by atoms with Crippen LogP contribution in [0, 0.1) is 5.82 Å². The molecule has 170 valence electrons. The van der Waals surface area contributed by atoms with Crippen LogP contribution in [0.5, 0.6) is 0 Å². The summed E-state index contributed by atoms with van der Waals surface area (Å²) >= 11 is 1.29. The van der Waals surface area contributed by atoms with Crippen LogP contribution in [-0.4, -0.2) is 30.5 Å². The van der Waals surface area contributed by atoms with Crippen LogP contribution < -0.4 is 10.0 Å². The molecule has 0 spiro atoms. The highest BCUT2D eigenvalue weighted by Gasteiger charge is 2.12. The summed E-state index contributed by atoms with van der Waals surface area (Å²) < 4.78 is 43.7. The van der Waals surface area contributed by atoms with Crippen LogP contribution in [0.4, 0.5) is 15.2 Å². The highest BCUT2D eigenvalue weighted by molar-refractivity contribution is 7.92. The van der Waals surface area contributed by atoms with E-state index in [1.54, 1.807) is 48.0 Å². The van der Waals surface area contributed by atoms with Gasteiger partial charge in [-0.05, 0) is 36.4 Å². The number of oxazole rings is 1. The van der Waals surface area contributed by atoms with Crippen molar-refractivity contribution >= 4 is 38.1 Å². The lowest BCUT2D eigenvalue weighted by atomic mass is 10.1. The highest BCUT2D eigenvalue weighted by Crippen LogP contribution is 2.26. The SMILES string of the molecule is CS(=O)(=O)Nc1ccc(-c2csc(NC(=O)CCc3ncc(-c4ccc(F)cc4)o3)n2)cc1. The Morgan fingerprint density at radius 2 is 1.79 bits per heavy atom. The van der Waals surface area contributed by atoms with E-state index in [9.17, 15) is 17.6 Å². The number of rotatable bonds is 8. The van der Waals surface area contributed by atoms with Gasteiger partial charge in [0.2, 0.25) is 15.9 Å². The van der Waals surface area contributed by atoms with Gasteiger partial charge in [-0.15, -0.1) is 11.3 Å². The number of carbonyl (C=O) groups excluding carboxylic acids is 1. The van der Waals surface area contributed by atoms with Crippen molar-refractivity contribution in [1.82, 2.24) is 9.97 Å². The van der Waals surface area contributed by atoms with Gasteiger partial charge in [-0.2, -0.15) is 0 Å². The molecule has 0 saturated heterocycles. The molecule has 0 atom stereocenters. The number of anilines is 2. The maximum atomic E-state index is 13.0. The predicted molar refractivity (Wildman–Crippen MR) is 125 cm³/mol. The first kappa shape index (κ1) is 22.6. The summed E-state index contributed by atoms with van der Waals surface area (Å²) in [6.45, 7) is 0. The lowest BCUT2D eigenvalue weighted by molar-refractivity contribution is -0.116. The van der Waals surface area contributed by atoms with E-state index < -0.39 is 10.0 Å². The minimum Gasteiger partial charge on any atom is -0.441 e. The smallest absolute Gasteiger partial charge is 0.229 e. The Balaban J connectivity index is 1.31. The van der Waals surface area contributed by atoms with E-state index in [0.29, 0.717) is 40.1 Å². The monoisotopic (exact) mass is 486 g/mol. The second-order valence-electron chi connectivity index (χ2n) is 7.16. The molecule has 0 bridgehead atoms. The number of nitrogens with zero attached hydrogens (tertiary/aromatic N) is 2. The minimum atomic E-state index is -3.34. The van der Waals surface area contributed by atoms with E-state index >= 15 is 0 Å². The van der Waals surface area contributed by atoms with Gasteiger partial charge in [-0.3, -0.25) is 9.52 Å². The van der Waals surface area contributed by atoms with Crippen molar-refractivity contribution in [3.63, 3.8) is 0 Å². The average molecular weight is 487 g/mol. The molecule has 0 radical (unpaired) electrons. The molecule has 8 nitrogen and oxygen atoms in total. The van der Waals surface area contributed by atoms with Crippen molar-refractivity contribution in [2.45, 2.75) is 12.8 Å². The van der Waals surface area contributed by atoms with Crippen molar-refractivity contribution in [2.75, 3.05) is 16.3 Å². The minimum absolute atomic E-state index is 0.157. The first-order valence-electron chi connectivity index (χ1n) is 9.79. The van der Waals surface area contributed by atoms with Crippen molar-refractivity contribution < 1.29 is 22.0 Å². The Bertz CT molecular complexity index is 1360. The fourth-order valence-electron chi connectivity index (χ4n) is 2.96. The fourth-order valence-corrected chi connectivity index (χ4v) is 4.26. The van der Waals surface area contributed by atoms with E-state index in [1.165, 1.54) is 23.5 Å². The maximum Gasteiger partial charge on any atom is 0.229 e. The van der Waals surface area contributed by atoms with Crippen LogP contribution in [0.15, 0.2) is 64.5 Å². The topological polar surface area (TPSA) is 114 Å². The van der Waals surface area contributed by atoms with Gasteiger partial charge in [0.15, 0.2) is 16.8 Å². The number of sulfonamides is 1. The third-order valence-corrected chi connectivity index (χ3v) is 5.85. The van der Waals surface area contributed by atoms with Crippen LogP contribution in [0.3, 0.4) is 0 Å². The molecule has 2 aromatic carbocycles. The number of benzene rings is 2.